The molecule has 9 heteroatoms. The van der Waals surface area contributed by atoms with Crippen molar-refractivity contribution < 1.29 is 39.1 Å². The average molecular weight is 497 g/mol. The minimum atomic E-state index is -1.89. The van der Waals surface area contributed by atoms with Gasteiger partial charge in [-0.25, -0.2) is 4.79 Å². The minimum Gasteiger partial charge on any atom is -0.507 e. The van der Waals surface area contributed by atoms with Crippen molar-refractivity contribution in [1.29, 1.82) is 0 Å². The Hall–Kier alpha value is -3.37. The molecule has 36 heavy (non-hydrogen) atoms. The Labute approximate surface area is 206 Å². The molecule has 0 unspecified atom stereocenters. The molecule has 9 nitrogen and oxygen atoms in total. The van der Waals surface area contributed by atoms with Crippen LogP contribution in [0.1, 0.15) is 31.1 Å². The fraction of sp³-hybridized carbons (Fsp3) is 0.370. The van der Waals surface area contributed by atoms with Gasteiger partial charge in [0.2, 0.25) is 0 Å². The van der Waals surface area contributed by atoms with E-state index in [-0.39, 0.29) is 22.1 Å². The maximum atomic E-state index is 13.2. The number of rotatable bonds is 3. The molecule has 1 saturated heterocycles. The first-order valence-electron chi connectivity index (χ1n) is 11.5. The van der Waals surface area contributed by atoms with Crippen molar-refractivity contribution in [3.63, 3.8) is 0 Å². The predicted molar refractivity (Wildman–Crippen MR) is 133 cm³/mol. The second-order valence-electron chi connectivity index (χ2n) is 9.54. The van der Waals surface area contributed by atoms with Crippen molar-refractivity contribution in [2.75, 3.05) is 14.2 Å². The predicted octanol–water partition coefficient (Wildman–Crippen LogP) is 3.06. The van der Waals surface area contributed by atoms with E-state index in [1.54, 1.807) is 25.1 Å². The molecular formula is C27H28O9. The molecule has 1 fully saturated rings. The van der Waals surface area contributed by atoms with Crippen LogP contribution in [-0.2, 0) is 4.74 Å². The van der Waals surface area contributed by atoms with Gasteiger partial charge in [0.05, 0.1) is 31.1 Å². The number of ether oxygens (including phenoxy) is 3. The summed E-state index contributed by atoms with van der Waals surface area (Å²) in [5, 5.41) is 45.0. The number of benzene rings is 3. The molecule has 0 radical (unpaired) electrons. The van der Waals surface area contributed by atoms with Gasteiger partial charge in [-0.05, 0) is 56.2 Å². The van der Waals surface area contributed by atoms with Crippen LogP contribution in [0.2, 0.25) is 0 Å². The molecular weight excluding hydrogens is 468 g/mol. The lowest BCUT2D eigenvalue weighted by Crippen LogP contribution is -2.61. The third kappa shape index (κ3) is 3.35. The lowest BCUT2D eigenvalue weighted by molar-refractivity contribution is -0.261. The number of aryl methyl sites for hydroxylation is 1. The zero-order chi connectivity index (χ0) is 26.1. The number of aliphatic hydroxyl groups is 3. The van der Waals surface area contributed by atoms with Crippen molar-refractivity contribution in [3.8, 4) is 17.2 Å². The van der Waals surface area contributed by atoms with Crippen LogP contribution in [0.4, 0.5) is 0 Å². The topological polar surface area (TPSA) is 139 Å². The van der Waals surface area contributed by atoms with Gasteiger partial charge in [0.15, 0.2) is 0 Å². The number of phenolic OH excluding ortho intramolecular Hbond substituents is 1. The van der Waals surface area contributed by atoms with E-state index in [1.165, 1.54) is 33.3 Å². The van der Waals surface area contributed by atoms with Crippen molar-refractivity contribution in [3.05, 3.63) is 51.9 Å². The first-order chi connectivity index (χ1) is 17.0. The Balaban J connectivity index is 1.97. The van der Waals surface area contributed by atoms with Crippen LogP contribution < -0.4 is 15.1 Å². The highest BCUT2D eigenvalue weighted by Crippen LogP contribution is 2.48. The van der Waals surface area contributed by atoms with Crippen molar-refractivity contribution >= 4 is 32.5 Å². The summed E-state index contributed by atoms with van der Waals surface area (Å²) >= 11 is 0. The molecule has 3 aromatic carbocycles. The Morgan fingerprint density at radius 1 is 0.944 bits per heavy atom. The third-order valence-corrected chi connectivity index (χ3v) is 7.18. The summed E-state index contributed by atoms with van der Waals surface area (Å²) in [7, 11) is 2.95. The van der Waals surface area contributed by atoms with Crippen LogP contribution in [0.25, 0.3) is 32.5 Å². The summed E-state index contributed by atoms with van der Waals surface area (Å²) in [5.41, 5.74) is -1.22. The molecule has 1 aliphatic heterocycles. The van der Waals surface area contributed by atoms with E-state index in [0.717, 1.165) is 5.56 Å². The number of hydrogen-bond acceptors (Lipinski definition) is 9. The van der Waals surface area contributed by atoms with Gasteiger partial charge < -0.3 is 39.1 Å². The number of phenols is 1. The van der Waals surface area contributed by atoms with Gasteiger partial charge >= 0.3 is 5.63 Å². The van der Waals surface area contributed by atoms with Gasteiger partial charge in [-0.2, -0.15) is 0 Å². The molecule has 0 spiro atoms. The first kappa shape index (κ1) is 24.3. The number of hydrogen-bond donors (Lipinski definition) is 4. The Morgan fingerprint density at radius 2 is 1.61 bits per heavy atom. The molecule has 4 aromatic rings. The Kier molecular flexibility index (Phi) is 5.64. The zero-order valence-corrected chi connectivity index (χ0v) is 20.5. The quantitative estimate of drug-likeness (QED) is 0.249. The fourth-order valence-electron chi connectivity index (χ4n) is 5.28. The van der Waals surface area contributed by atoms with Gasteiger partial charge in [-0.3, -0.25) is 0 Å². The van der Waals surface area contributed by atoms with Gasteiger partial charge in [0, 0.05) is 16.2 Å². The number of aromatic hydroxyl groups is 1. The highest BCUT2D eigenvalue weighted by atomic mass is 16.5. The maximum absolute atomic E-state index is 13.2. The summed E-state index contributed by atoms with van der Waals surface area (Å²) in [6.07, 6.45) is -4.84. The van der Waals surface area contributed by atoms with E-state index < -0.39 is 35.6 Å². The summed E-state index contributed by atoms with van der Waals surface area (Å²) < 4.78 is 23.0. The SMILES string of the molecule is COc1cc2c(oc(=O)c3cc(C)cc(OC)c32)c2c([C@H]3O[C@@H](C)[C@@H](O)[C@](C)(O)[C@H]3O)ccc(O)c12. The van der Waals surface area contributed by atoms with E-state index in [4.69, 9.17) is 18.6 Å². The van der Waals surface area contributed by atoms with Gasteiger partial charge in [-0.1, -0.05) is 6.07 Å². The summed E-state index contributed by atoms with van der Waals surface area (Å²) in [6, 6.07) is 8.11. The normalized spacial score (nSPS) is 26.6. The highest BCUT2D eigenvalue weighted by molar-refractivity contribution is 6.19. The number of fused-ring (bicyclic) bond motifs is 5. The van der Waals surface area contributed by atoms with Crippen molar-refractivity contribution in [2.45, 2.75) is 50.8 Å². The van der Waals surface area contributed by atoms with Crippen LogP contribution in [0, 0.1) is 6.92 Å². The molecule has 190 valence electrons. The van der Waals surface area contributed by atoms with Crippen LogP contribution in [0.15, 0.2) is 39.5 Å². The largest absolute Gasteiger partial charge is 0.507 e. The lowest BCUT2D eigenvalue weighted by Gasteiger charge is -2.46. The molecule has 0 bridgehead atoms. The van der Waals surface area contributed by atoms with Crippen molar-refractivity contribution in [1.82, 2.24) is 0 Å². The maximum Gasteiger partial charge on any atom is 0.344 e. The van der Waals surface area contributed by atoms with Crippen LogP contribution >= 0.6 is 0 Å². The Morgan fingerprint density at radius 3 is 2.28 bits per heavy atom. The molecule has 4 N–H and O–H groups in total. The smallest absolute Gasteiger partial charge is 0.344 e. The molecule has 1 aliphatic rings. The monoisotopic (exact) mass is 496 g/mol. The third-order valence-electron chi connectivity index (χ3n) is 7.18. The molecule has 0 aliphatic carbocycles. The van der Waals surface area contributed by atoms with E-state index >= 15 is 0 Å². The van der Waals surface area contributed by atoms with Crippen LogP contribution in [-0.4, -0.2) is 58.6 Å². The second kappa shape index (κ2) is 8.35. The Bertz CT molecular complexity index is 1570. The van der Waals surface area contributed by atoms with E-state index in [9.17, 15) is 25.2 Å². The standard InChI is InChI=1S/C27H28O9/c1-11-8-15-19(17(9-11)33-4)14-10-18(34-5)21-16(28)7-6-13(20(21)22(14)36-26(15)31)23-25(30)27(3,32)24(29)12(2)35-23/h6-10,12,23-25,28-30,32H,1-5H3/t12-,23+,24+,25-,27-/m0/s1. The highest BCUT2D eigenvalue weighted by Gasteiger charge is 2.51. The average Bonchev–Trinajstić information content (AvgIpc) is 2.85. The molecule has 5 rings (SSSR count). The summed E-state index contributed by atoms with van der Waals surface area (Å²) in [5.74, 6) is 0.607. The lowest BCUT2D eigenvalue weighted by atomic mass is 9.80. The molecule has 1 aromatic heterocycles. The zero-order valence-electron chi connectivity index (χ0n) is 20.5. The summed E-state index contributed by atoms with van der Waals surface area (Å²) in [6.45, 7) is 4.75. The van der Waals surface area contributed by atoms with Crippen LogP contribution in [0.5, 0.6) is 17.2 Å². The van der Waals surface area contributed by atoms with Gasteiger partial charge in [-0.15, -0.1) is 0 Å². The van der Waals surface area contributed by atoms with Crippen LogP contribution in [0.3, 0.4) is 0 Å². The molecule has 5 atom stereocenters. The van der Waals surface area contributed by atoms with Gasteiger partial charge in [0.25, 0.3) is 0 Å². The van der Waals surface area contributed by atoms with Crippen molar-refractivity contribution in [2.24, 2.45) is 0 Å². The van der Waals surface area contributed by atoms with E-state index in [0.29, 0.717) is 33.2 Å². The second-order valence-corrected chi connectivity index (χ2v) is 9.54. The molecule has 0 saturated carbocycles. The number of methoxy groups -OCH3 is 2. The minimum absolute atomic E-state index is 0.130. The first-order valence-corrected chi connectivity index (χ1v) is 11.5. The fourth-order valence-corrected chi connectivity index (χ4v) is 5.28. The van der Waals surface area contributed by atoms with E-state index in [2.05, 4.69) is 0 Å². The molecule has 2 heterocycles. The number of aliphatic hydroxyl groups excluding tert-OH is 2. The molecule has 0 amide bonds. The van der Waals surface area contributed by atoms with E-state index in [1.807, 2.05) is 6.92 Å². The van der Waals surface area contributed by atoms with Gasteiger partial charge in [0.1, 0.15) is 46.7 Å². The summed E-state index contributed by atoms with van der Waals surface area (Å²) in [4.78, 5) is 13.2.